The van der Waals surface area contributed by atoms with E-state index in [1.807, 2.05) is 12.1 Å². The average molecular weight is 375 g/mol. The zero-order chi connectivity index (χ0) is 17.8. The summed E-state index contributed by atoms with van der Waals surface area (Å²) in [5, 5.41) is 7.05. The molecule has 0 spiro atoms. The Morgan fingerprint density at radius 1 is 1.23 bits per heavy atom. The van der Waals surface area contributed by atoms with E-state index in [2.05, 4.69) is 46.4 Å². The number of amides is 1. The molecule has 0 fully saturated rings. The average Bonchev–Trinajstić information content (AvgIpc) is 3.01. The first kappa shape index (κ1) is 19.8. The van der Waals surface area contributed by atoms with Crippen molar-refractivity contribution in [3.05, 3.63) is 59.7 Å². The maximum atomic E-state index is 12.1. The topological polar surface area (TPSA) is 98.2 Å². The lowest BCUT2D eigenvalue weighted by Gasteiger charge is -2.14. The molecule has 1 atom stereocenters. The molecule has 0 radical (unpaired) electrons. The van der Waals surface area contributed by atoms with Crippen molar-refractivity contribution in [2.75, 3.05) is 6.54 Å². The molecule has 2 heterocycles. The fraction of sp³-hybridized carbons (Fsp3) is 0.333. The van der Waals surface area contributed by atoms with Crippen LogP contribution in [0, 0.1) is 0 Å². The van der Waals surface area contributed by atoms with Crippen LogP contribution in [-0.4, -0.2) is 32.0 Å². The van der Waals surface area contributed by atoms with Gasteiger partial charge in [-0.1, -0.05) is 38.1 Å². The van der Waals surface area contributed by atoms with Gasteiger partial charge in [-0.3, -0.25) is 4.79 Å². The molecular weight excluding hydrogens is 352 g/mol. The lowest BCUT2D eigenvalue weighted by Crippen LogP contribution is -2.33. The van der Waals surface area contributed by atoms with Crippen molar-refractivity contribution in [3.8, 4) is 0 Å². The molecule has 138 valence electrons. The lowest BCUT2D eigenvalue weighted by molar-refractivity contribution is -0.120. The molecule has 26 heavy (non-hydrogen) atoms. The largest absolute Gasteiger partial charge is 0.354 e. The number of benzene rings is 1. The van der Waals surface area contributed by atoms with Crippen molar-refractivity contribution in [3.63, 3.8) is 0 Å². The van der Waals surface area contributed by atoms with E-state index in [0.717, 1.165) is 5.56 Å². The molecule has 3 N–H and O–H groups in total. The van der Waals surface area contributed by atoms with Crippen LogP contribution in [0.3, 0.4) is 0 Å². The Labute approximate surface area is 158 Å². The Morgan fingerprint density at radius 2 is 1.92 bits per heavy atom. The number of hydrogen-bond donors (Lipinski definition) is 2. The number of aromatic nitrogens is 4. The van der Waals surface area contributed by atoms with E-state index >= 15 is 0 Å². The van der Waals surface area contributed by atoms with E-state index < -0.39 is 0 Å². The van der Waals surface area contributed by atoms with E-state index in [0.29, 0.717) is 24.1 Å². The van der Waals surface area contributed by atoms with E-state index in [1.54, 1.807) is 23.0 Å². The van der Waals surface area contributed by atoms with E-state index in [1.165, 1.54) is 5.56 Å². The fourth-order valence-corrected chi connectivity index (χ4v) is 2.53. The summed E-state index contributed by atoms with van der Waals surface area (Å²) in [6, 6.07) is 9.70. The Bertz CT molecular complexity index is 829. The van der Waals surface area contributed by atoms with E-state index in [9.17, 15) is 4.79 Å². The Kier molecular flexibility index (Phi) is 6.65. The first-order chi connectivity index (χ1) is 12.0. The summed E-state index contributed by atoms with van der Waals surface area (Å²) in [6.45, 7) is 4.67. The predicted octanol–water partition coefficient (Wildman–Crippen LogP) is 2.03. The number of nitrogens with one attached hydrogen (secondary N) is 1. The van der Waals surface area contributed by atoms with Gasteiger partial charge in [0.05, 0.1) is 6.42 Å². The highest BCUT2D eigenvalue weighted by molar-refractivity contribution is 5.85. The number of rotatable bonds is 6. The number of fused-ring (bicyclic) bond motifs is 1. The van der Waals surface area contributed by atoms with Crippen LogP contribution in [0.5, 0.6) is 0 Å². The first-order valence-corrected chi connectivity index (χ1v) is 8.31. The molecule has 1 amide bonds. The molecule has 0 saturated heterocycles. The number of halogens is 1. The van der Waals surface area contributed by atoms with Gasteiger partial charge >= 0.3 is 0 Å². The van der Waals surface area contributed by atoms with Crippen LogP contribution >= 0.6 is 12.4 Å². The molecule has 7 nitrogen and oxygen atoms in total. The maximum Gasteiger partial charge on any atom is 0.252 e. The second-order valence-electron chi connectivity index (χ2n) is 6.30. The molecule has 1 unspecified atom stereocenters. The predicted molar refractivity (Wildman–Crippen MR) is 102 cm³/mol. The molecule has 2 aromatic heterocycles. The Morgan fingerprint density at radius 3 is 2.58 bits per heavy atom. The summed E-state index contributed by atoms with van der Waals surface area (Å²) in [5.74, 6) is 1.24. The van der Waals surface area contributed by atoms with Crippen LogP contribution in [0.15, 0.2) is 42.7 Å². The summed E-state index contributed by atoms with van der Waals surface area (Å²) < 4.78 is 1.55. The molecule has 0 saturated carbocycles. The van der Waals surface area contributed by atoms with Gasteiger partial charge in [-0.25, -0.2) is 9.50 Å². The van der Waals surface area contributed by atoms with Crippen molar-refractivity contribution in [2.24, 2.45) is 5.73 Å². The zero-order valence-corrected chi connectivity index (χ0v) is 15.6. The smallest absolute Gasteiger partial charge is 0.252 e. The minimum absolute atomic E-state index is 0. The molecule has 8 heteroatoms. The summed E-state index contributed by atoms with van der Waals surface area (Å²) in [6.07, 6.45) is 3.48. The van der Waals surface area contributed by atoms with Gasteiger partial charge in [0.15, 0.2) is 5.82 Å². The molecule has 0 bridgehead atoms. The van der Waals surface area contributed by atoms with Gasteiger partial charge in [0.2, 0.25) is 5.91 Å². The Hall–Kier alpha value is -2.51. The third-order valence-electron chi connectivity index (χ3n) is 4.03. The number of nitrogens with two attached hydrogens (primary N) is 1. The SMILES string of the molecule is CC(C)c1ccc(C(N)CNC(=O)Cc2nc3ncccn3n2)cc1.Cl. The third-order valence-corrected chi connectivity index (χ3v) is 4.03. The van der Waals surface area contributed by atoms with Crippen molar-refractivity contribution >= 4 is 24.1 Å². The van der Waals surface area contributed by atoms with Gasteiger partial charge in [0, 0.05) is 25.0 Å². The van der Waals surface area contributed by atoms with Crippen LogP contribution in [0.1, 0.15) is 42.8 Å². The molecule has 0 aliphatic carbocycles. The second kappa shape index (κ2) is 8.73. The third kappa shape index (κ3) is 4.77. The number of hydrogen-bond acceptors (Lipinski definition) is 5. The van der Waals surface area contributed by atoms with Gasteiger partial charge in [-0.05, 0) is 23.1 Å². The number of carbonyl (C=O) groups excluding carboxylic acids is 1. The minimum atomic E-state index is -0.249. The van der Waals surface area contributed by atoms with Crippen LogP contribution < -0.4 is 11.1 Å². The molecule has 0 aliphatic heterocycles. The van der Waals surface area contributed by atoms with Crippen LogP contribution in [0.4, 0.5) is 0 Å². The molecule has 1 aromatic carbocycles. The fourth-order valence-electron chi connectivity index (χ4n) is 2.53. The lowest BCUT2D eigenvalue weighted by atomic mass is 9.99. The number of nitrogens with zero attached hydrogens (tertiary/aromatic N) is 4. The summed E-state index contributed by atoms with van der Waals surface area (Å²) in [4.78, 5) is 20.4. The number of carbonyl (C=O) groups is 1. The quantitative estimate of drug-likeness (QED) is 0.687. The van der Waals surface area contributed by atoms with Crippen molar-refractivity contribution in [1.82, 2.24) is 24.9 Å². The van der Waals surface area contributed by atoms with Gasteiger partial charge in [-0.15, -0.1) is 17.5 Å². The van der Waals surface area contributed by atoms with Crippen molar-refractivity contribution < 1.29 is 4.79 Å². The minimum Gasteiger partial charge on any atom is -0.354 e. The maximum absolute atomic E-state index is 12.1. The van der Waals surface area contributed by atoms with Gasteiger partial charge in [0.25, 0.3) is 5.78 Å². The highest BCUT2D eigenvalue weighted by atomic mass is 35.5. The van der Waals surface area contributed by atoms with Gasteiger partial charge in [-0.2, -0.15) is 4.98 Å². The summed E-state index contributed by atoms with van der Waals surface area (Å²) in [5.41, 5.74) is 8.43. The monoisotopic (exact) mass is 374 g/mol. The van der Waals surface area contributed by atoms with Crippen LogP contribution in [0.2, 0.25) is 0 Å². The highest BCUT2D eigenvalue weighted by Gasteiger charge is 2.12. The summed E-state index contributed by atoms with van der Waals surface area (Å²) >= 11 is 0. The van der Waals surface area contributed by atoms with E-state index in [4.69, 9.17) is 5.73 Å². The van der Waals surface area contributed by atoms with Gasteiger partial charge in [0.1, 0.15) is 0 Å². The Balaban J connectivity index is 0.00000243. The standard InChI is InChI=1S/C18H22N6O.ClH/c1-12(2)13-4-6-14(7-5-13)15(19)11-21-17(25)10-16-22-18-20-8-3-9-24(18)23-16;/h3-9,12,15H,10-11,19H2,1-2H3,(H,21,25);1H. The van der Waals surface area contributed by atoms with Crippen LogP contribution in [-0.2, 0) is 11.2 Å². The van der Waals surface area contributed by atoms with Crippen molar-refractivity contribution in [2.45, 2.75) is 32.2 Å². The van der Waals surface area contributed by atoms with E-state index in [-0.39, 0.29) is 30.8 Å². The molecular formula is C18H23ClN6O. The molecule has 0 aliphatic rings. The zero-order valence-electron chi connectivity index (χ0n) is 14.8. The molecule has 3 rings (SSSR count). The molecule has 3 aromatic rings. The van der Waals surface area contributed by atoms with Crippen LogP contribution in [0.25, 0.3) is 5.78 Å². The highest BCUT2D eigenvalue weighted by Crippen LogP contribution is 2.17. The normalized spacial score (nSPS) is 12.0. The summed E-state index contributed by atoms with van der Waals surface area (Å²) in [7, 11) is 0. The van der Waals surface area contributed by atoms with Crippen molar-refractivity contribution in [1.29, 1.82) is 0 Å². The van der Waals surface area contributed by atoms with Gasteiger partial charge < -0.3 is 11.1 Å². The first-order valence-electron chi connectivity index (χ1n) is 8.31. The second-order valence-corrected chi connectivity index (χ2v) is 6.30.